The molecule has 1 rings (SSSR count). The van der Waals surface area contributed by atoms with Gasteiger partial charge < -0.3 is 5.32 Å². The van der Waals surface area contributed by atoms with Crippen molar-refractivity contribution in [1.82, 2.24) is 5.32 Å². The Morgan fingerprint density at radius 3 is 1.20 bits per heavy atom. The molecule has 1 aliphatic rings. The van der Waals surface area contributed by atoms with Crippen molar-refractivity contribution in [3.05, 3.63) is 0 Å². The molecule has 0 bridgehead atoms. The largest absolute Gasteiger partial charge is 0.317 e. The Labute approximate surface area is 67.2 Å². The Morgan fingerprint density at radius 2 is 1.10 bits per heavy atom. The fourth-order valence-electron chi connectivity index (χ4n) is 0.625. The van der Waals surface area contributed by atoms with Crippen molar-refractivity contribution in [3.8, 4) is 0 Å². The summed E-state index contributed by atoms with van der Waals surface area (Å²) in [5.74, 6) is 0. The van der Waals surface area contributed by atoms with Crippen molar-refractivity contribution in [2.24, 2.45) is 0 Å². The number of hydrogen-bond acceptors (Lipinski definition) is 1. The molecule has 0 amide bonds. The molecule has 1 aliphatic heterocycles. The van der Waals surface area contributed by atoms with Crippen LogP contribution >= 0.6 is 0 Å². The minimum Gasteiger partial charge on any atom is -0.317 e. The quantitative estimate of drug-likeness (QED) is 0.555. The third kappa shape index (κ3) is 15.7. The highest BCUT2D eigenvalue weighted by molar-refractivity contribution is 4.55. The Bertz CT molecular complexity index is 16.3. The van der Waals surface area contributed by atoms with E-state index in [1.807, 2.05) is 27.7 Å². The highest BCUT2D eigenvalue weighted by atomic mass is 14.9. The Hall–Kier alpha value is -0.0400. The minimum atomic E-state index is 0. The summed E-state index contributed by atoms with van der Waals surface area (Å²) < 4.78 is 0. The van der Waals surface area contributed by atoms with E-state index in [1.165, 1.54) is 25.9 Å². The maximum atomic E-state index is 3.22. The first-order valence-electron chi connectivity index (χ1n) is 4.21. The van der Waals surface area contributed by atoms with Gasteiger partial charge in [0.1, 0.15) is 0 Å². The van der Waals surface area contributed by atoms with Crippen molar-refractivity contribution in [3.63, 3.8) is 0 Å². The van der Waals surface area contributed by atoms with Crippen LogP contribution in [0.3, 0.4) is 0 Å². The zero-order valence-corrected chi connectivity index (χ0v) is 7.33. The number of nitrogens with one attached hydrogen (secondary N) is 1. The summed E-state index contributed by atoms with van der Waals surface area (Å²) in [6.07, 6.45) is 2.78. The molecule has 0 aliphatic carbocycles. The van der Waals surface area contributed by atoms with Crippen LogP contribution in [0.2, 0.25) is 0 Å². The second-order valence-electron chi connectivity index (χ2n) is 1.46. The highest BCUT2D eigenvalue weighted by Crippen LogP contribution is 1.90. The second kappa shape index (κ2) is 23.1. The maximum absolute atomic E-state index is 3.22. The van der Waals surface area contributed by atoms with Gasteiger partial charge in [-0.05, 0) is 25.9 Å². The standard InChI is InChI=1S/C4H9N.2C2H6.CH4/c1-2-4-5-3-1;2*1-2;/h5H,1-4H2;2*1-2H3;1H4. The van der Waals surface area contributed by atoms with Crippen molar-refractivity contribution in [2.45, 2.75) is 48.0 Å². The summed E-state index contributed by atoms with van der Waals surface area (Å²) in [5, 5.41) is 3.22. The van der Waals surface area contributed by atoms with Crippen LogP contribution in [0.1, 0.15) is 48.0 Å². The normalized spacial score (nSPS) is 13.2. The Morgan fingerprint density at radius 1 is 0.800 bits per heavy atom. The molecule has 1 N–H and O–H groups in total. The molecule has 10 heavy (non-hydrogen) atoms. The lowest BCUT2D eigenvalue weighted by molar-refractivity contribution is 0.857. The molecule has 1 fully saturated rings. The first kappa shape index (κ1) is 16.5. The van der Waals surface area contributed by atoms with Crippen LogP contribution in [0, 0.1) is 0 Å². The van der Waals surface area contributed by atoms with Gasteiger partial charge in [-0.15, -0.1) is 0 Å². The topological polar surface area (TPSA) is 12.0 Å². The van der Waals surface area contributed by atoms with E-state index in [9.17, 15) is 0 Å². The van der Waals surface area contributed by atoms with Gasteiger partial charge in [-0.3, -0.25) is 0 Å². The smallest absolute Gasteiger partial charge is 0.00484 e. The molecule has 0 spiro atoms. The van der Waals surface area contributed by atoms with E-state index in [4.69, 9.17) is 0 Å². The van der Waals surface area contributed by atoms with Gasteiger partial charge in [-0.25, -0.2) is 0 Å². The summed E-state index contributed by atoms with van der Waals surface area (Å²) in [7, 11) is 0. The van der Waals surface area contributed by atoms with Crippen LogP contribution in [0.15, 0.2) is 0 Å². The summed E-state index contributed by atoms with van der Waals surface area (Å²) >= 11 is 0. The molecule has 1 heteroatoms. The van der Waals surface area contributed by atoms with Crippen molar-refractivity contribution in [1.29, 1.82) is 0 Å². The van der Waals surface area contributed by atoms with Crippen LogP contribution in [0.5, 0.6) is 0 Å². The lowest BCUT2D eigenvalue weighted by Crippen LogP contribution is -2.03. The van der Waals surface area contributed by atoms with Gasteiger partial charge in [0.05, 0.1) is 0 Å². The third-order valence-corrected chi connectivity index (χ3v) is 0.957. The van der Waals surface area contributed by atoms with E-state index in [-0.39, 0.29) is 7.43 Å². The van der Waals surface area contributed by atoms with E-state index in [2.05, 4.69) is 5.32 Å². The Kier molecular flexibility index (Phi) is 38.1. The molecule has 1 nitrogen and oxygen atoms in total. The van der Waals surface area contributed by atoms with Gasteiger partial charge in [-0.2, -0.15) is 0 Å². The average molecular weight is 147 g/mol. The third-order valence-electron chi connectivity index (χ3n) is 0.957. The zero-order chi connectivity index (χ0) is 7.54. The lowest BCUT2D eigenvalue weighted by Gasteiger charge is -1.76. The first-order chi connectivity index (χ1) is 4.50. The summed E-state index contributed by atoms with van der Waals surface area (Å²) in [4.78, 5) is 0. The molecule has 0 radical (unpaired) electrons. The Balaban J connectivity index is -0.0000000875. The molecule has 0 atom stereocenters. The first-order valence-corrected chi connectivity index (χ1v) is 4.21. The van der Waals surface area contributed by atoms with Crippen LogP contribution in [0.25, 0.3) is 0 Å². The number of hydrogen-bond donors (Lipinski definition) is 1. The van der Waals surface area contributed by atoms with Crippen LogP contribution in [-0.2, 0) is 0 Å². The van der Waals surface area contributed by atoms with E-state index >= 15 is 0 Å². The van der Waals surface area contributed by atoms with Crippen LogP contribution < -0.4 is 5.32 Å². The molecule has 0 unspecified atom stereocenters. The van der Waals surface area contributed by atoms with E-state index < -0.39 is 0 Å². The molecule has 0 saturated carbocycles. The maximum Gasteiger partial charge on any atom is -0.00484 e. The van der Waals surface area contributed by atoms with Crippen molar-refractivity contribution in [2.75, 3.05) is 13.1 Å². The fraction of sp³-hybridized carbons (Fsp3) is 1.00. The summed E-state index contributed by atoms with van der Waals surface area (Å²) in [6.45, 7) is 10.5. The van der Waals surface area contributed by atoms with Crippen LogP contribution in [-0.4, -0.2) is 13.1 Å². The van der Waals surface area contributed by atoms with Crippen LogP contribution in [0.4, 0.5) is 0 Å². The monoisotopic (exact) mass is 147 g/mol. The van der Waals surface area contributed by atoms with Gasteiger partial charge in [0.2, 0.25) is 0 Å². The highest BCUT2D eigenvalue weighted by Gasteiger charge is 1.93. The van der Waals surface area contributed by atoms with Gasteiger partial charge in [0.15, 0.2) is 0 Å². The zero-order valence-electron chi connectivity index (χ0n) is 7.33. The lowest BCUT2D eigenvalue weighted by atomic mass is 10.4. The van der Waals surface area contributed by atoms with Gasteiger partial charge in [0.25, 0.3) is 0 Å². The summed E-state index contributed by atoms with van der Waals surface area (Å²) in [6, 6.07) is 0. The van der Waals surface area contributed by atoms with Crippen molar-refractivity contribution < 1.29 is 0 Å². The van der Waals surface area contributed by atoms with E-state index in [1.54, 1.807) is 0 Å². The van der Waals surface area contributed by atoms with E-state index in [0.717, 1.165) is 0 Å². The predicted octanol–water partition coefficient (Wildman–Crippen LogP) is 3.06. The average Bonchev–Trinajstić information content (AvgIpc) is 2.51. The predicted molar refractivity (Wildman–Crippen MR) is 51.5 cm³/mol. The van der Waals surface area contributed by atoms with Crippen molar-refractivity contribution >= 4 is 0 Å². The second-order valence-corrected chi connectivity index (χ2v) is 1.46. The molecular formula is C9H25N. The molecule has 0 aromatic carbocycles. The SMILES string of the molecule is C.C1CCNC1.CC.CC. The molecule has 1 saturated heterocycles. The molecule has 0 aromatic heterocycles. The number of rotatable bonds is 0. The molecule has 66 valence electrons. The minimum absolute atomic E-state index is 0. The molecule has 0 aromatic rings. The molecule has 1 heterocycles. The van der Waals surface area contributed by atoms with Gasteiger partial charge in [0, 0.05) is 0 Å². The van der Waals surface area contributed by atoms with Gasteiger partial charge in [-0.1, -0.05) is 35.1 Å². The van der Waals surface area contributed by atoms with Gasteiger partial charge >= 0.3 is 0 Å². The fourth-order valence-corrected chi connectivity index (χ4v) is 0.625. The van der Waals surface area contributed by atoms with E-state index in [0.29, 0.717) is 0 Å². The molecular weight excluding hydrogens is 122 g/mol. The summed E-state index contributed by atoms with van der Waals surface area (Å²) in [5.41, 5.74) is 0.